The molecular formula is C6H13NO3. The lowest BCUT2D eigenvalue weighted by Crippen LogP contribution is -2.32. The molecule has 0 saturated heterocycles. The summed E-state index contributed by atoms with van der Waals surface area (Å²) in [5.41, 5.74) is 5.18. The molecule has 0 saturated carbocycles. The number of aliphatic hydroxyl groups is 1. The van der Waals surface area contributed by atoms with E-state index in [1.54, 1.807) is 6.92 Å². The highest BCUT2D eigenvalue weighted by Crippen LogP contribution is 2.02. The topological polar surface area (TPSA) is 83.5 Å². The molecule has 0 rings (SSSR count). The zero-order chi connectivity index (χ0) is 8.15. The Bertz CT molecular complexity index is 116. The van der Waals surface area contributed by atoms with E-state index in [4.69, 9.17) is 15.9 Å². The lowest BCUT2D eigenvalue weighted by molar-refractivity contribution is -0.139. The van der Waals surface area contributed by atoms with Crippen molar-refractivity contribution in [3.8, 4) is 0 Å². The molecule has 0 aromatic carbocycles. The van der Waals surface area contributed by atoms with Gasteiger partial charge in [0.15, 0.2) is 0 Å². The molecule has 0 heterocycles. The van der Waals surface area contributed by atoms with E-state index < -0.39 is 12.0 Å². The molecule has 10 heavy (non-hydrogen) atoms. The van der Waals surface area contributed by atoms with Crippen LogP contribution in [0.25, 0.3) is 0 Å². The van der Waals surface area contributed by atoms with E-state index in [1.807, 2.05) is 0 Å². The van der Waals surface area contributed by atoms with Gasteiger partial charge in [-0.3, -0.25) is 4.79 Å². The van der Waals surface area contributed by atoms with Crippen LogP contribution in [0.15, 0.2) is 0 Å². The Labute approximate surface area is 59.7 Å². The van der Waals surface area contributed by atoms with Crippen LogP contribution in [0.3, 0.4) is 0 Å². The van der Waals surface area contributed by atoms with Gasteiger partial charge < -0.3 is 15.9 Å². The monoisotopic (exact) mass is 147 g/mol. The molecule has 2 atom stereocenters. The lowest BCUT2D eigenvalue weighted by Gasteiger charge is -2.10. The highest BCUT2D eigenvalue weighted by atomic mass is 16.4. The highest BCUT2D eigenvalue weighted by Gasteiger charge is 2.14. The first-order chi connectivity index (χ1) is 4.57. The van der Waals surface area contributed by atoms with Crippen LogP contribution < -0.4 is 5.73 Å². The van der Waals surface area contributed by atoms with Gasteiger partial charge in [-0.25, -0.2) is 0 Å². The minimum Gasteiger partial charge on any atom is -0.480 e. The second kappa shape index (κ2) is 4.24. The fraction of sp³-hybridized carbons (Fsp3) is 0.833. The van der Waals surface area contributed by atoms with Crippen molar-refractivity contribution in [2.75, 3.05) is 6.61 Å². The summed E-state index contributed by atoms with van der Waals surface area (Å²) in [5.74, 6) is -1.05. The van der Waals surface area contributed by atoms with Gasteiger partial charge in [-0.1, -0.05) is 6.92 Å². The maximum atomic E-state index is 10.1. The van der Waals surface area contributed by atoms with E-state index >= 15 is 0 Å². The third-order valence-corrected chi connectivity index (χ3v) is 1.29. The molecular weight excluding hydrogens is 134 g/mol. The molecule has 4 N–H and O–H groups in total. The zero-order valence-corrected chi connectivity index (χ0v) is 5.95. The van der Waals surface area contributed by atoms with Crippen LogP contribution in [-0.2, 0) is 4.79 Å². The van der Waals surface area contributed by atoms with Crippen LogP contribution in [0.1, 0.15) is 13.3 Å². The summed E-state index contributed by atoms with van der Waals surface area (Å²) in [6.07, 6.45) is 0.325. The average molecular weight is 147 g/mol. The molecule has 0 aromatic rings. The van der Waals surface area contributed by atoms with Gasteiger partial charge in [-0.2, -0.15) is 0 Å². The standard InChI is InChI=1S/C6H13NO3/c1-4(3-8)2-5(7)6(9)10/h4-5,8H,2-3,7H2,1H3,(H,9,10)/t4-,5?/m0/s1. The van der Waals surface area contributed by atoms with E-state index in [1.165, 1.54) is 0 Å². The Morgan fingerprint density at radius 2 is 2.20 bits per heavy atom. The Kier molecular flexibility index (Phi) is 3.99. The number of nitrogens with two attached hydrogens (primary N) is 1. The Morgan fingerprint density at radius 1 is 1.70 bits per heavy atom. The average Bonchev–Trinajstić information content (AvgIpc) is 1.87. The van der Waals surface area contributed by atoms with E-state index in [0.29, 0.717) is 6.42 Å². The summed E-state index contributed by atoms with van der Waals surface area (Å²) in [5, 5.41) is 16.8. The normalized spacial score (nSPS) is 16.3. The maximum absolute atomic E-state index is 10.1. The number of carboxylic acid groups (broad SMARTS) is 1. The molecule has 0 aliphatic heterocycles. The first-order valence-corrected chi connectivity index (χ1v) is 3.17. The van der Waals surface area contributed by atoms with Gasteiger partial charge in [0.1, 0.15) is 6.04 Å². The summed E-state index contributed by atoms with van der Waals surface area (Å²) in [4.78, 5) is 10.1. The fourth-order valence-corrected chi connectivity index (χ4v) is 0.609. The second-order valence-corrected chi connectivity index (χ2v) is 2.47. The van der Waals surface area contributed by atoms with Gasteiger partial charge in [-0.05, 0) is 12.3 Å². The van der Waals surface area contributed by atoms with E-state index in [2.05, 4.69) is 0 Å². The number of carbonyl (C=O) groups is 1. The van der Waals surface area contributed by atoms with Gasteiger partial charge in [0.25, 0.3) is 0 Å². The fourth-order valence-electron chi connectivity index (χ4n) is 0.609. The van der Waals surface area contributed by atoms with Crippen molar-refractivity contribution in [3.63, 3.8) is 0 Å². The molecule has 60 valence electrons. The van der Waals surface area contributed by atoms with Crippen LogP contribution in [0.2, 0.25) is 0 Å². The third-order valence-electron chi connectivity index (χ3n) is 1.29. The van der Waals surface area contributed by atoms with Gasteiger partial charge in [0, 0.05) is 6.61 Å². The quantitative estimate of drug-likeness (QED) is 0.496. The van der Waals surface area contributed by atoms with Gasteiger partial charge in [-0.15, -0.1) is 0 Å². The largest absolute Gasteiger partial charge is 0.480 e. The first kappa shape index (κ1) is 9.39. The molecule has 0 aliphatic carbocycles. The van der Waals surface area contributed by atoms with Crippen molar-refractivity contribution in [1.29, 1.82) is 0 Å². The van der Waals surface area contributed by atoms with Crippen molar-refractivity contribution in [3.05, 3.63) is 0 Å². The summed E-state index contributed by atoms with van der Waals surface area (Å²) >= 11 is 0. The zero-order valence-electron chi connectivity index (χ0n) is 5.95. The predicted octanol–water partition coefficient (Wildman–Crippen LogP) is -0.583. The summed E-state index contributed by atoms with van der Waals surface area (Å²) in [7, 11) is 0. The number of hydrogen-bond donors (Lipinski definition) is 3. The molecule has 0 aromatic heterocycles. The number of rotatable bonds is 4. The van der Waals surface area contributed by atoms with Gasteiger partial charge in [0.2, 0.25) is 0 Å². The molecule has 0 amide bonds. The van der Waals surface area contributed by atoms with Crippen LogP contribution in [0.5, 0.6) is 0 Å². The summed E-state index contributed by atoms with van der Waals surface area (Å²) in [6, 6.07) is -0.845. The first-order valence-electron chi connectivity index (χ1n) is 3.17. The van der Waals surface area contributed by atoms with E-state index in [9.17, 15) is 4.79 Å². The van der Waals surface area contributed by atoms with Crippen molar-refractivity contribution in [1.82, 2.24) is 0 Å². The number of carboxylic acids is 1. The van der Waals surface area contributed by atoms with Crippen LogP contribution in [0, 0.1) is 5.92 Å². The molecule has 0 aliphatic rings. The van der Waals surface area contributed by atoms with Crippen LogP contribution in [-0.4, -0.2) is 28.8 Å². The predicted molar refractivity (Wildman–Crippen MR) is 36.5 cm³/mol. The number of hydrogen-bond acceptors (Lipinski definition) is 3. The van der Waals surface area contributed by atoms with Gasteiger partial charge >= 0.3 is 5.97 Å². The minimum atomic E-state index is -1.01. The van der Waals surface area contributed by atoms with Crippen molar-refractivity contribution < 1.29 is 15.0 Å². The third kappa shape index (κ3) is 3.42. The lowest BCUT2D eigenvalue weighted by atomic mass is 10.0. The smallest absolute Gasteiger partial charge is 0.320 e. The van der Waals surface area contributed by atoms with Crippen LogP contribution in [0.4, 0.5) is 0 Å². The number of aliphatic carboxylic acids is 1. The Hall–Kier alpha value is -0.610. The van der Waals surface area contributed by atoms with E-state index in [0.717, 1.165) is 0 Å². The van der Waals surface area contributed by atoms with Crippen LogP contribution >= 0.6 is 0 Å². The Balaban J connectivity index is 3.56. The van der Waals surface area contributed by atoms with Crippen molar-refractivity contribution >= 4 is 5.97 Å². The second-order valence-electron chi connectivity index (χ2n) is 2.47. The number of aliphatic hydroxyl groups excluding tert-OH is 1. The Morgan fingerprint density at radius 3 is 2.50 bits per heavy atom. The molecule has 0 bridgehead atoms. The molecule has 0 radical (unpaired) electrons. The van der Waals surface area contributed by atoms with Gasteiger partial charge in [0.05, 0.1) is 0 Å². The SMILES string of the molecule is C[C@H](CO)CC(N)C(=O)O. The van der Waals surface area contributed by atoms with E-state index in [-0.39, 0.29) is 12.5 Å². The summed E-state index contributed by atoms with van der Waals surface area (Å²) in [6.45, 7) is 1.74. The minimum absolute atomic E-state index is 0.0129. The van der Waals surface area contributed by atoms with Crippen molar-refractivity contribution in [2.24, 2.45) is 11.7 Å². The molecule has 4 nitrogen and oxygen atoms in total. The molecule has 1 unspecified atom stereocenters. The maximum Gasteiger partial charge on any atom is 0.320 e. The molecule has 0 fully saturated rings. The van der Waals surface area contributed by atoms with Crippen molar-refractivity contribution in [2.45, 2.75) is 19.4 Å². The molecule has 4 heteroatoms. The molecule has 0 spiro atoms. The highest BCUT2D eigenvalue weighted by molar-refractivity contribution is 5.72. The summed E-state index contributed by atoms with van der Waals surface area (Å²) < 4.78 is 0.